The molecular weight excluding hydrogens is 292 g/mol. The van der Waals surface area contributed by atoms with Gasteiger partial charge in [0, 0.05) is 31.4 Å². The van der Waals surface area contributed by atoms with E-state index in [9.17, 15) is 4.79 Å². The number of methoxy groups -OCH3 is 1. The fourth-order valence-corrected chi connectivity index (χ4v) is 2.98. The number of nitrogens with one attached hydrogen (secondary N) is 1. The highest BCUT2D eigenvalue weighted by molar-refractivity contribution is 5.68. The van der Waals surface area contributed by atoms with Crippen LogP contribution in [0.25, 0.3) is 0 Å². The first-order valence-corrected chi connectivity index (χ1v) is 8.18. The number of ether oxygens (including phenoxy) is 2. The van der Waals surface area contributed by atoms with E-state index < -0.39 is 5.60 Å². The molecular formula is C18H28N2O3. The Hall–Kier alpha value is -1.91. The minimum Gasteiger partial charge on any atom is -0.496 e. The number of nitrogens with zero attached hydrogens (tertiary/aromatic N) is 1. The number of rotatable bonds is 4. The van der Waals surface area contributed by atoms with Crippen LogP contribution in [-0.2, 0) is 17.6 Å². The fourth-order valence-electron chi connectivity index (χ4n) is 2.98. The first-order valence-electron chi connectivity index (χ1n) is 8.18. The summed E-state index contributed by atoms with van der Waals surface area (Å²) >= 11 is 0. The molecule has 0 saturated heterocycles. The molecule has 1 N–H and O–H groups in total. The average molecular weight is 320 g/mol. The second kappa shape index (κ2) is 7.11. The van der Waals surface area contributed by atoms with Gasteiger partial charge in [0.15, 0.2) is 0 Å². The molecule has 0 saturated carbocycles. The van der Waals surface area contributed by atoms with Gasteiger partial charge in [0.25, 0.3) is 0 Å². The number of fused-ring (bicyclic) bond motifs is 1. The Morgan fingerprint density at radius 3 is 2.74 bits per heavy atom. The summed E-state index contributed by atoms with van der Waals surface area (Å²) in [6.07, 6.45) is 2.56. The number of benzene rings is 1. The lowest BCUT2D eigenvalue weighted by Gasteiger charge is -2.30. The van der Waals surface area contributed by atoms with Gasteiger partial charge in [-0.05, 0) is 57.7 Å². The zero-order valence-corrected chi connectivity index (χ0v) is 14.9. The predicted molar refractivity (Wildman–Crippen MR) is 92.5 cm³/mol. The molecule has 0 aliphatic carbocycles. The molecule has 0 bridgehead atoms. The van der Waals surface area contributed by atoms with E-state index >= 15 is 0 Å². The number of hydrogen-bond donors (Lipinski definition) is 1. The zero-order valence-electron chi connectivity index (χ0n) is 14.9. The van der Waals surface area contributed by atoms with Crippen LogP contribution >= 0.6 is 0 Å². The van der Waals surface area contributed by atoms with E-state index in [0.717, 1.165) is 31.6 Å². The van der Waals surface area contributed by atoms with Crippen molar-refractivity contribution in [3.8, 4) is 5.75 Å². The Morgan fingerprint density at radius 2 is 2.09 bits per heavy atom. The summed E-state index contributed by atoms with van der Waals surface area (Å²) < 4.78 is 10.8. The van der Waals surface area contributed by atoms with Crippen LogP contribution in [0.5, 0.6) is 5.75 Å². The summed E-state index contributed by atoms with van der Waals surface area (Å²) in [6, 6.07) is 4.14. The SMILES string of the molecule is COc1ccc2c(c1CCNC(=O)OC(C)(C)C)CCCN2C. The topological polar surface area (TPSA) is 50.8 Å². The van der Waals surface area contributed by atoms with Crippen molar-refractivity contribution < 1.29 is 14.3 Å². The fraction of sp³-hybridized carbons (Fsp3) is 0.611. The number of alkyl carbamates (subject to hydrolysis) is 1. The lowest BCUT2D eigenvalue weighted by atomic mass is 9.94. The van der Waals surface area contributed by atoms with Gasteiger partial charge < -0.3 is 19.7 Å². The highest BCUT2D eigenvalue weighted by atomic mass is 16.6. The van der Waals surface area contributed by atoms with E-state index in [1.165, 1.54) is 16.8 Å². The van der Waals surface area contributed by atoms with Gasteiger partial charge in [-0.25, -0.2) is 4.79 Å². The molecule has 0 atom stereocenters. The van der Waals surface area contributed by atoms with Crippen molar-refractivity contribution >= 4 is 11.8 Å². The number of hydrogen-bond acceptors (Lipinski definition) is 4. The molecule has 0 radical (unpaired) electrons. The molecule has 2 rings (SSSR count). The molecule has 0 spiro atoms. The highest BCUT2D eigenvalue weighted by Crippen LogP contribution is 2.34. The van der Waals surface area contributed by atoms with Crippen molar-refractivity contribution in [2.75, 3.05) is 32.1 Å². The molecule has 5 nitrogen and oxygen atoms in total. The molecule has 1 aliphatic rings. The maximum atomic E-state index is 11.8. The maximum Gasteiger partial charge on any atom is 0.407 e. The summed E-state index contributed by atoms with van der Waals surface area (Å²) in [4.78, 5) is 14.1. The Labute approximate surface area is 139 Å². The Morgan fingerprint density at radius 1 is 1.35 bits per heavy atom. The third-order valence-corrected chi connectivity index (χ3v) is 3.96. The van der Waals surface area contributed by atoms with E-state index in [1.54, 1.807) is 7.11 Å². The van der Waals surface area contributed by atoms with Crippen LogP contribution in [0, 0.1) is 0 Å². The minimum atomic E-state index is -0.476. The molecule has 128 valence electrons. The first kappa shape index (κ1) is 17.4. The van der Waals surface area contributed by atoms with Gasteiger partial charge in [-0.15, -0.1) is 0 Å². The van der Waals surface area contributed by atoms with Crippen LogP contribution in [0.1, 0.15) is 38.3 Å². The van der Waals surface area contributed by atoms with Crippen molar-refractivity contribution in [2.24, 2.45) is 0 Å². The van der Waals surface area contributed by atoms with Gasteiger partial charge in [0.05, 0.1) is 7.11 Å². The predicted octanol–water partition coefficient (Wildman–Crippen LogP) is 3.14. The third kappa shape index (κ3) is 4.53. The largest absolute Gasteiger partial charge is 0.496 e. The van der Waals surface area contributed by atoms with Crippen molar-refractivity contribution in [1.82, 2.24) is 5.32 Å². The minimum absolute atomic E-state index is 0.376. The smallest absolute Gasteiger partial charge is 0.407 e. The third-order valence-electron chi connectivity index (χ3n) is 3.96. The lowest BCUT2D eigenvalue weighted by molar-refractivity contribution is 0.0528. The van der Waals surface area contributed by atoms with Crippen molar-refractivity contribution in [3.05, 3.63) is 23.3 Å². The van der Waals surface area contributed by atoms with Gasteiger partial charge in [-0.1, -0.05) is 0 Å². The van der Waals surface area contributed by atoms with Crippen LogP contribution in [0.3, 0.4) is 0 Å². The molecule has 0 unspecified atom stereocenters. The average Bonchev–Trinajstić information content (AvgIpc) is 2.46. The Kier molecular flexibility index (Phi) is 5.39. The van der Waals surface area contributed by atoms with E-state index in [2.05, 4.69) is 23.3 Å². The van der Waals surface area contributed by atoms with Gasteiger partial charge in [-0.3, -0.25) is 0 Å². The Balaban J connectivity index is 2.07. The van der Waals surface area contributed by atoms with Gasteiger partial charge >= 0.3 is 6.09 Å². The second-order valence-corrected chi connectivity index (χ2v) is 6.95. The molecule has 1 aromatic carbocycles. The van der Waals surface area contributed by atoms with Crippen LogP contribution in [-0.4, -0.2) is 38.9 Å². The normalized spacial score (nSPS) is 14.2. The monoisotopic (exact) mass is 320 g/mol. The van der Waals surface area contributed by atoms with Crippen LogP contribution in [0.2, 0.25) is 0 Å². The molecule has 1 amide bonds. The summed E-state index contributed by atoms with van der Waals surface area (Å²) in [7, 11) is 3.81. The first-order chi connectivity index (χ1) is 10.8. The van der Waals surface area contributed by atoms with Crippen molar-refractivity contribution in [2.45, 2.75) is 45.6 Å². The molecule has 23 heavy (non-hydrogen) atoms. The van der Waals surface area contributed by atoms with Crippen LogP contribution in [0.15, 0.2) is 12.1 Å². The lowest BCUT2D eigenvalue weighted by Crippen LogP contribution is -2.34. The molecule has 0 aromatic heterocycles. The van der Waals surface area contributed by atoms with E-state index in [-0.39, 0.29) is 6.09 Å². The van der Waals surface area contributed by atoms with Crippen LogP contribution in [0.4, 0.5) is 10.5 Å². The van der Waals surface area contributed by atoms with Gasteiger partial charge in [-0.2, -0.15) is 0 Å². The molecule has 1 aliphatic heterocycles. The molecule has 5 heteroatoms. The van der Waals surface area contributed by atoms with Gasteiger partial charge in [0.2, 0.25) is 0 Å². The number of carbonyl (C=O) groups is 1. The van der Waals surface area contributed by atoms with Gasteiger partial charge in [0.1, 0.15) is 11.4 Å². The number of carbonyl (C=O) groups excluding carboxylic acids is 1. The summed E-state index contributed by atoms with van der Waals surface area (Å²) in [6.45, 7) is 7.19. The van der Waals surface area contributed by atoms with E-state index in [0.29, 0.717) is 6.54 Å². The second-order valence-electron chi connectivity index (χ2n) is 6.95. The summed E-state index contributed by atoms with van der Waals surface area (Å²) in [5, 5.41) is 2.83. The van der Waals surface area contributed by atoms with E-state index in [4.69, 9.17) is 9.47 Å². The summed E-state index contributed by atoms with van der Waals surface area (Å²) in [5.41, 5.74) is 3.32. The standard InChI is InChI=1S/C18H28N2O3/c1-18(2,3)23-17(21)19-11-10-14-13-7-6-12-20(4)15(13)8-9-16(14)22-5/h8-9H,6-7,10-12H2,1-5H3,(H,19,21). The number of amides is 1. The van der Waals surface area contributed by atoms with E-state index in [1.807, 2.05) is 26.8 Å². The van der Waals surface area contributed by atoms with Crippen molar-refractivity contribution in [3.63, 3.8) is 0 Å². The quantitative estimate of drug-likeness (QED) is 0.926. The Bertz CT molecular complexity index is 564. The maximum absolute atomic E-state index is 11.8. The zero-order chi connectivity index (χ0) is 17.0. The molecule has 1 aromatic rings. The summed E-state index contributed by atoms with van der Waals surface area (Å²) in [5.74, 6) is 0.894. The number of anilines is 1. The van der Waals surface area contributed by atoms with Crippen LogP contribution < -0.4 is 15.0 Å². The van der Waals surface area contributed by atoms with Crippen molar-refractivity contribution in [1.29, 1.82) is 0 Å². The molecule has 0 fully saturated rings. The molecule has 1 heterocycles. The highest BCUT2D eigenvalue weighted by Gasteiger charge is 2.20.